The Morgan fingerprint density at radius 1 is 1.15 bits per heavy atom. The Hall–Kier alpha value is -2.09. The van der Waals surface area contributed by atoms with Gasteiger partial charge in [-0.05, 0) is 37.8 Å². The number of hydrogen-bond donors (Lipinski definition) is 0. The Labute approximate surface area is 120 Å². The van der Waals surface area contributed by atoms with E-state index in [1.165, 1.54) is 0 Å². The number of aryl methyl sites for hydroxylation is 2. The maximum absolute atomic E-state index is 12.4. The number of aromatic nitrogens is 1. The fourth-order valence-corrected chi connectivity index (χ4v) is 2.31. The second-order valence-electron chi connectivity index (χ2n) is 5.07. The van der Waals surface area contributed by atoms with Gasteiger partial charge < -0.3 is 4.57 Å². The molecule has 0 saturated carbocycles. The average molecular weight is 267 g/mol. The zero-order valence-corrected chi connectivity index (χ0v) is 12.0. The molecule has 0 amide bonds. The van der Waals surface area contributed by atoms with Crippen LogP contribution >= 0.6 is 0 Å². The van der Waals surface area contributed by atoms with Crippen molar-refractivity contribution in [3.63, 3.8) is 0 Å². The molecule has 0 N–H and O–H groups in total. The SMILES string of the molecule is C=CCCCc1ccc(C)c(=O)n1Cc1ccccc1. The molecule has 2 nitrogen and oxygen atoms in total. The third-order valence-electron chi connectivity index (χ3n) is 3.48. The van der Waals surface area contributed by atoms with E-state index in [9.17, 15) is 4.79 Å². The number of benzene rings is 1. The predicted molar refractivity (Wildman–Crippen MR) is 84.1 cm³/mol. The van der Waals surface area contributed by atoms with E-state index in [0.29, 0.717) is 6.54 Å². The van der Waals surface area contributed by atoms with E-state index in [0.717, 1.165) is 36.1 Å². The normalized spacial score (nSPS) is 10.4. The maximum atomic E-state index is 12.4. The molecule has 2 heteroatoms. The summed E-state index contributed by atoms with van der Waals surface area (Å²) < 4.78 is 1.90. The second-order valence-corrected chi connectivity index (χ2v) is 5.07. The number of nitrogens with zero attached hydrogens (tertiary/aromatic N) is 1. The minimum atomic E-state index is 0.116. The van der Waals surface area contributed by atoms with Crippen molar-refractivity contribution in [2.24, 2.45) is 0 Å². The Kier molecular flexibility index (Phi) is 4.94. The summed E-state index contributed by atoms with van der Waals surface area (Å²) in [5, 5.41) is 0. The van der Waals surface area contributed by atoms with Crippen LogP contribution in [0, 0.1) is 6.92 Å². The Morgan fingerprint density at radius 2 is 1.90 bits per heavy atom. The first kappa shape index (κ1) is 14.3. The van der Waals surface area contributed by atoms with E-state index in [1.54, 1.807) is 0 Å². The lowest BCUT2D eigenvalue weighted by Crippen LogP contribution is -2.25. The monoisotopic (exact) mass is 267 g/mol. The van der Waals surface area contributed by atoms with E-state index in [4.69, 9.17) is 0 Å². The van der Waals surface area contributed by atoms with Crippen molar-refractivity contribution in [1.82, 2.24) is 4.57 Å². The van der Waals surface area contributed by atoms with Gasteiger partial charge in [0.25, 0.3) is 5.56 Å². The smallest absolute Gasteiger partial charge is 0.253 e. The molecule has 2 rings (SSSR count). The molecular formula is C18H21NO. The van der Waals surface area contributed by atoms with Crippen molar-refractivity contribution in [3.05, 3.63) is 82.3 Å². The summed E-state index contributed by atoms with van der Waals surface area (Å²) in [6.45, 7) is 6.26. The lowest BCUT2D eigenvalue weighted by atomic mass is 10.1. The summed E-state index contributed by atoms with van der Waals surface area (Å²) in [5.41, 5.74) is 3.18. The first-order valence-electron chi connectivity index (χ1n) is 7.06. The molecule has 1 heterocycles. The lowest BCUT2D eigenvalue weighted by Gasteiger charge is -2.13. The standard InChI is InChI=1S/C18H21NO/c1-3-4-6-11-17-13-12-15(2)18(20)19(17)14-16-9-7-5-8-10-16/h3,5,7-10,12-13H,1,4,6,11,14H2,2H3. The van der Waals surface area contributed by atoms with Crippen molar-refractivity contribution in [2.75, 3.05) is 0 Å². The molecule has 2 aromatic rings. The van der Waals surface area contributed by atoms with Gasteiger partial charge in [0.05, 0.1) is 6.54 Å². The number of unbranched alkanes of at least 4 members (excludes halogenated alkanes) is 1. The maximum Gasteiger partial charge on any atom is 0.253 e. The van der Waals surface area contributed by atoms with Gasteiger partial charge in [0.15, 0.2) is 0 Å². The Morgan fingerprint density at radius 3 is 2.60 bits per heavy atom. The zero-order valence-electron chi connectivity index (χ0n) is 12.0. The van der Waals surface area contributed by atoms with Gasteiger partial charge in [-0.3, -0.25) is 4.79 Å². The average Bonchev–Trinajstić information content (AvgIpc) is 2.47. The van der Waals surface area contributed by atoms with Crippen molar-refractivity contribution < 1.29 is 0 Å². The molecule has 0 saturated heterocycles. The third-order valence-corrected chi connectivity index (χ3v) is 3.48. The van der Waals surface area contributed by atoms with Crippen molar-refractivity contribution in [2.45, 2.75) is 32.7 Å². The molecule has 104 valence electrons. The fraction of sp³-hybridized carbons (Fsp3) is 0.278. The highest BCUT2D eigenvalue weighted by molar-refractivity contribution is 5.20. The molecular weight excluding hydrogens is 246 g/mol. The Balaban J connectivity index is 2.30. The van der Waals surface area contributed by atoms with Crippen LogP contribution < -0.4 is 5.56 Å². The fourth-order valence-electron chi connectivity index (χ4n) is 2.31. The van der Waals surface area contributed by atoms with E-state index in [-0.39, 0.29) is 5.56 Å². The topological polar surface area (TPSA) is 22.0 Å². The molecule has 1 aromatic carbocycles. The highest BCUT2D eigenvalue weighted by Crippen LogP contribution is 2.09. The van der Waals surface area contributed by atoms with Gasteiger partial charge >= 0.3 is 0 Å². The molecule has 0 spiro atoms. The van der Waals surface area contributed by atoms with Crippen LogP contribution in [0.5, 0.6) is 0 Å². The van der Waals surface area contributed by atoms with Crippen molar-refractivity contribution in [3.8, 4) is 0 Å². The highest BCUT2D eigenvalue weighted by atomic mass is 16.1. The summed E-state index contributed by atoms with van der Waals surface area (Å²) in [7, 11) is 0. The van der Waals surface area contributed by atoms with Crippen LogP contribution in [0.3, 0.4) is 0 Å². The molecule has 0 bridgehead atoms. The molecule has 0 unspecified atom stereocenters. The van der Waals surface area contributed by atoms with Gasteiger partial charge in [0, 0.05) is 11.3 Å². The highest BCUT2D eigenvalue weighted by Gasteiger charge is 2.06. The van der Waals surface area contributed by atoms with Crippen LogP contribution in [0.4, 0.5) is 0 Å². The lowest BCUT2D eigenvalue weighted by molar-refractivity contribution is 0.672. The van der Waals surface area contributed by atoms with E-state index in [1.807, 2.05) is 41.8 Å². The van der Waals surface area contributed by atoms with Crippen molar-refractivity contribution in [1.29, 1.82) is 0 Å². The molecule has 1 aromatic heterocycles. The quantitative estimate of drug-likeness (QED) is 0.577. The molecule has 0 aliphatic heterocycles. The second kappa shape index (κ2) is 6.90. The van der Waals surface area contributed by atoms with Crippen LogP contribution in [-0.2, 0) is 13.0 Å². The first-order chi connectivity index (χ1) is 9.72. The van der Waals surface area contributed by atoms with E-state index < -0.39 is 0 Å². The van der Waals surface area contributed by atoms with Gasteiger partial charge in [-0.25, -0.2) is 0 Å². The van der Waals surface area contributed by atoms with Gasteiger partial charge in [0.1, 0.15) is 0 Å². The van der Waals surface area contributed by atoms with Crippen molar-refractivity contribution >= 4 is 0 Å². The summed E-state index contributed by atoms with van der Waals surface area (Å²) in [6.07, 6.45) is 4.84. The summed E-state index contributed by atoms with van der Waals surface area (Å²) in [4.78, 5) is 12.4. The van der Waals surface area contributed by atoms with Gasteiger partial charge in [-0.1, -0.05) is 42.5 Å². The first-order valence-corrected chi connectivity index (χ1v) is 7.06. The molecule has 0 fully saturated rings. The van der Waals surface area contributed by atoms with E-state index >= 15 is 0 Å². The molecule has 0 radical (unpaired) electrons. The van der Waals surface area contributed by atoms with Crippen LogP contribution in [-0.4, -0.2) is 4.57 Å². The number of hydrogen-bond acceptors (Lipinski definition) is 1. The van der Waals surface area contributed by atoms with Gasteiger partial charge in [-0.15, -0.1) is 6.58 Å². The zero-order chi connectivity index (χ0) is 14.4. The van der Waals surface area contributed by atoms with Gasteiger partial charge in [-0.2, -0.15) is 0 Å². The van der Waals surface area contributed by atoms with E-state index in [2.05, 4.69) is 24.8 Å². The molecule has 0 atom stereocenters. The molecule has 20 heavy (non-hydrogen) atoms. The van der Waals surface area contributed by atoms with Crippen LogP contribution in [0.15, 0.2) is 59.9 Å². The largest absolute Gasteiger partial charge is 0.308 e. The predicted octanol–water partition coefficient (Wildman–Crippen LogP) is 3.71. The summed E-state index contributed by atoms with van der Waals surface area (Å²) in [6, 6.07) is 14.1. The number of rotatable bonds is 6. The minimum absolute atomic E-state index is 0.116. The summed E-state index contributed by atoms with van der Waals surface area (Å²) >= 11 is 0. The van der Waals surface area contributed by atoms with Crippen LogP contribution in [0.1, 0.15) is 29.7 Å². The van der Waals surface area contributed by atoms with Crippen LogP contribution in [0.2, 0.25) is 0 Å². The number of pyridine rings is 1. The number of allylic oxidation sites excluding steroid dienone is 1. The summed E-state index contributed by atoms with van der Waals surface area (Å²) in [5.74, 6) is 0. The van der Waals surface area contributed by atoms with Crippen LogP contribution in [0.25, 0.3) is 0 Å². The minimum Gasteiger partial charge on any atom is -0.308 e. The van der Waals surface area contributed by atoms with Gasteiger partial charge in [0.2, 0.25) is 0 Å². The molecule has 0 aliphatic rings. The Bertz CT molecular complexity index is 626. The third kappa shape index (κ3) is 3.47. The molecule has 0 aliphatic carbocycles.